The van der Waals surface area contributed by atoms with Crippen molar-refractivity contribution in [3.63, 3.8) is 0 Å². The Morgan fingerprint density at radius 1 is 1.50 bits per heavy atom. The van der Waals surface area contributed by atoms with Crippen LogP contribution in [0.2, 0.25) is 0 Å². The zero-order valence-electron chi connectivity index (χ0n) is 13.5. The molecule has 7 heteroatoms. The zero-order chi connectivity index (χ0) is 16.2. The minimum atomic E-state index is -0.803. The van der Waals surface area contributed by atoms with Gasteiger partial charge in [-0.05, 0) is 33.6 Å². The van der Waals surface area contributed by atoms with Gasteiger partial charge in [0.15, 0.2) is 6.39 Å². The number of hydrogen-bond donors (Lipinski definition) is 2. The van der Waals surface area contributed by atoms with Gasteiger partial charge in [0.1, 0.15) is 11.9 Å². The van der Waals surface area contributed by atoms with Crippen LogP contribution in [0.15, 0.2) is 17.1 Å². The van der Waals surface area contributed by atoms with E-state index in [0.717, 1.165) is 5.69 Å². The summed E-state index contributed by atoms with van der Waals surface area (Å²) in [5.41, 5.74) is -0.499. The molecule has 1 aromatic heterocycles. The number of nitrogens with zero attached hydrogens (tertiary/aromatic N) is 2. The van der Waals surface area contributed by atoms with Crippen molar-refractivity contribution in [2.45, 2.75) is 51.4 Å². The van der Waals surface area contributed by atoms with Crippen LogP contribution in [0.1, 0.15) is 39.3 Å². The summed E-state index contributed by atoms with van der Waals surface area (Å²) in [7, 11) is 0. The molecule has 1 aliphatic rings. The van der Waals surface area contributed by atoms with Crippen LogP contribution in [0.25, 0.3) is 0 Å². The average molecular weight is 311 g/mol. The van der Waals surface area contributed by atoms with Crippen LogP contribution in [0, 0.1) is 0 Å². The number of nitrogens with one attached hydrogen (secondary N) is 1. The van der Waals surface area contributed by atoms with Crippen molar-refractivity contribution in [2.24, 2.45) is 0 Å². The van der Waals surface area contributed by atoms with Crippen LogP contribution >= 0.6 is 0 Å². The number of amides is 1. The molecule has 1 aromatic rings. The Kier molecular flexibility index (Phi) is 5.08. The summed E-state index contributed by atoms with van der Waals surface area (Å²) in [5, 5.41) is 13.7. The minimum Gasteiger partial charge on any atom is -0.451 e. The standard InChI is InChI=1S/C15H25N3O4/c1-14(2,3)22-13(19)18-6-4-15(20,5-7-18)10-16-8-12-9-21-11-17-12/h9,11,16,20H,4-8,10H2,1-3H3. The Morgan fingerprint density at radius 3 is 2.73 bits per heavy atom. The van der Waals surface area contributed by atoms with Crippen LogP contribution in [0.3, 0.4) is 0 Å². The molecule has 124 valence electrons. The van der Waals surface area contributed by atoms with Crippen LogP contribution in [-0.2, 0) is 11.3 Å². The topological polar surface area (TPSA) is 87.8 Å². The van der Waals surface area contributed by atoms with Gasteiger partial charge in [0, 0.05) is 26.2 Å². The molecule has 2 N–H and O–H groups in total. The van der Waals surface area contributed by atoms with Gasteiger partial charge < -0.3 is 24.5 Å². The number of carbonyl (C=O) groups is 1. The lowest BCUT2D eigenvalue weighted by atomic mass is 9.91. The lowest BCUT2D eigenvalue weighted by Gasteiger charge is -2.38. The van der Waals surface area contributed by atoms with Gasteiger partial charge in [-0.2, -0.15) is 0 Å². The zero-order valence-corrected chi connectivity index (χ0v) is 13.5. The highest BCUT2D eigenvalue weighted by Crippen LogP contribution is 2.23. The number of likely N-dealkylation sites (tertiary alicyclic amines) is 1. The fourth-order valence-corrected chi connectivity index (χ4v) is 2.36. The number of aromatic nitrogens is 1. The molecule has 1 saturated heterocycles. The fourth-order valence-electron chi connectivity index (χ4n) is 2.36. The molecule has 0 atom stereocenters. The second kappa shape index (κ2) is 6.66. The molecular formula is C15H25N3O4. The lowest BCUT2D eigenvalue weighted by Crippen LogP contribution is -2.52. The predicted molar refractivity (Wildman–Crippen MR) is 80.2 cm³/mol. The van der Waals surface area contributed by atoms with Crippen molar-refractivity contribution in [1.29, 1.82) is 0 Å². The number of carbonyl (C=O) groups excluding carboxylic acids is 1. The molecule has 0 unspecified atom stereocenters. The van der Waals surface area contributed by atoms with Gasteiger partial charge in [0.05, 0.1) is 11.3 Å². The maximum absolute atomic E-state index is 12.0. The van der Waals surface area contributed by atoms with E-state index < -0.39 is 11.2 Å². The third kappa shape index (κ3) is 4.99. The number of ether oxygens (including phenoxy) is 1. The predicted octanol–water partition coefficient (Wildman–Crippen LogP) is 1.53. The second-order valence-electron chi connectivity index (χ2n) is 6.78. The number of rotatable bonds is 4. The maximum Gasteiger partial charge on any atom is 0.410 e. The van der Waals surface area contributed by atoms with E-state index in [1.54, 1.807) is 11.2 Å². The van der Waals surface area contributed by atoms with E-state index in [4.69, 9.17) is 9.15 Å². The fraction of sp³-hybridized carbons (Fsp3) is 0.733. The molecule has 0 saturated carbocycles. The Labute approximate surface area is 130 Å². The summed E-state index contributed by atoms with van der Waals surface area (Å²) in [6.45, 7) is 7.54. The third-order valence-electron chi connectivity index (χ3n) is 3.59. The van der Waals surface area contributed by atoms with Crippen molar-refractivity contribution < 1.29 is 19.1 Å². The summed E-state index contributed by atoms with van der Waals surface area (Å²) < 4.78 is 10.2. The smallest absolute Gasteiger partial charge is 0.410 e. The van der Waals surface area contributed by atoms with Crippen LogP contribution < -0.4 is 5.32 Å². The Balaban J connectivity index is 1.74. The van der Waals surface area contributed by atoms with E-state index in [1.165, 1.54) is 6.39 Å². The Bertz CT molecular complexity index is 473. The number of piperidine rings is 1. The van der Waals surface area contributed by atoms with Crippen LogP contribution in [-0.4, -0.2) is 51.9 Å². The lowest BCUT2D eigenvalue weighted by molar-refractivity contribution is -0.0310. The quantitative estimate of drug-likeness (QED) is 0.876. The highest BCUT2D eigenvalue weighted by Gasteiger charge is 2.35. The number of hydrogen-bond acceptors (Lipinski definition) is 6. The molecule has 0 aromatic carbocycles. The normalized spacial score (nSPS) is 18.3. The molecule has 1 amide bonds. The van der Waals surface area contributed by atoms with E-state index in [9.17, 15) is 9.90 Å². The van der Waals surface area contributed by atoms with Gasteiger partial charge in [-0.3, -0.25) is 0 Å². The summed E-state index contributed by atoms with van der Waals surface area (Å²) in [4.78, 5) is 17.6. The van der Waals surface area contributed by atoms with Crippen molar-refractivity contribution in [1.82, 2.24) is 15.2 Å². The summed E-state index contributed by atoms with van der Waals surface area (Å²) in [5.74, 6) is 0. The first-order valence-corrected chi connectivity index (χ1v) is 7.56. The molecule has 7 nitrogen and oxygen atoms in total. The van der Waals surface area contributed by atoms with Gasteiger partial charge in [0.2, 0.25) is 0 Å². The van der Waals surface area contributed by atoms with Gasteiger partial charge in [-0.15, -0.1) is 0 Å². The molecule has 1 fully saturated rings. The second-order valence-corrected chi connectivity index (χ2v) is 6.78. The molecule has 2 heterocycles. The monoisotopic (exact) mass is 311 g/mol. The number of oxazole rings is 1. The molecule has 0 spiro atoms. The van der Waals surface area contributed by atoms with Crippen molar-refractivity contribution >= 4 is 6.09 Å². The van der Waals surface area contributed by atoms with Crippen molar-refractivity contribution in [3.8, 4) is 0 Å². The highest BCUT2D eigenvalue weighted by molar-refractivity contribution is 5.68. The maximum atomic E-state index is 12.0. The van der Waals surface area contributed by atoms with Gasteiger partial charge >= 0.3 is 6.09 Å². The van der Waals surface area contributed by atoms with Crippen molar-refractivity contribution in [2.75, 3.05) is 19.6 Å². The molecule has 0 bridgehead atoms. The molecule has 2 rings (SSSR count). The molecule has 1 aliphatic heterocycles. The SMILES string of the molecule is CC(C)(C)OC(=O)N1CCC(O)(CNCc2cocn2)CC1. The van der Waals surface area contributed by atoms with E-state index >= 15 is 0 Å². The van der Waals surface area contributed by atoms with E-state index in [0.29, 0.717) is 39.0 Å². The highest BCUT2D eigenvalue weighted by atomic mass is 16.6. The van der Waals surface area contributed by atoms with E-state index in [2.05, 4.69) is 10.3 Å². The Morgan fingerprint density at radius 2 is 2.18 bits per heavy atom. The Hall–Kier alpha value is -1.60. The third-order valence-corrected chi connectivity index (χ3v) is 3.59. The number of aliphatic hydroxyl groups is 1. The van der Waals surface area contributed by atoms with Crippen LogP contribution in [0.5, 0.6) is 0 Å². The largest absolute Gasteiger partial charge is 0.451 e. The summed E-state index contributed by atoms with van der Waals surface area (Å²) in [6.07, 6.45) is 3.69. The molecule has 22 heavy (non-hydrogen) atoms. The van der Waals surface area contributed by atoms with E-state index in [-0.39, 0.29) is 6.09 Å². The first-order chi connectivity index (χ1) is 10.3. The van der Waals surface area contributed by atoms with Gasteiger partial charge in [0.25, 0.3) is 0 Å². The van der Waals surface area contributed by atoms with Gasteiger partial charge in [-0.25, -0.2) is 9.78 Å². The van der Waals surface area contributed by atoms with Gasteiger partial charge in [-0.1, -0.05) is 0 Å². The van der Waals surface area contributed by atoms with E-state index in [1.807, 2.05) is 20.8 Å². The minimum absolute atomic E-state index is 0.315. The average Bonchev–Trinajstić information content (AvgIpc) is 2.90. The summed E-state index contributed by atoms with van der Waals surface area (Å²) >= 11 is 0. The summed E-state index contributed by atoms with van der Waals surface area (Å²) in [6, 6.07) is 0. The molecule has 0 radical (unpaired) electrons. The van der Waals surface area contributed by atoms with Crippen LogP contribution in [0.4, 0.5) is 4.79 Å². The molecule has 0 aliphatic carbocycles. The first kappa shape index (κ1) is 16.8. The first-order valence-electron chi connectivity index (χ1n) is 7.56. The van der Waals surface area contributed by atoms with Crippen molar-refractivity contribution in [3.05, 3.63) is 18.4 Å². The molecular weight excluding hydrogens is 286 g/mol.